The van der Waals surface area contributed by atoms with Crippen LogP contribution in [0.15, 0.2) is 18.2 Å². The average Bonchev–Trinajstić information content (AvgIpc) is 2.75. The summed E-state index contributed by atoms with van der Waals surface area (Å²) >= 11 is 0. The average molecular weight is 234 g/mol. The first kappa shape index (κ1) is 11.9. The molecule has 3 N–H and O–H groups in total. The van der Waals surface area contributed by atoms with E-state index in [1.54, 1.807) is 0 Å². The van der Waals surface area contributed by atoms with Gasteiger partial charge in [0.25, 0.3) is 0 Å². The first-order chi connectivity index (χ1) is 8.25. The maximum Gasteiger partial charge on any atom is 0.218 e. The fourth-order valence-electron chi connectivity index (χ4n) is 1.96. The molecular formula is C13H18N2O2. The molecule has 0 bridgehead atoms. The third kappa shape index (κ3) is 3.46. The summed E-state index contributed by atoms with van der Waals surface area (Å²) in [5.74, 6) is 0.766. The van der Waals surface area contributed by atoms with Crippen molar-refractivity contribution < 1.29 is 9.53 Å². The summed E-state index contributed by atoms with van der Waals surface area (Å²) in [6.07, 6.45) is 2.38. The summed E-state index contributed by atoms with van der Waals surface area (Å²) < 4.78 is 5.46. The van der Waals surface area contributed by atoms with Gasteiger partial charge >= 0.3 is 0 Å². The molecule has 1 aromatic rings. The summed E-state index contributed by atoms with van der Waals surface area (Å²) in [6.45, 7) is 2.33. The van der Waals surface area contributed by atoms with Crippen LogP contribution in [0, 0.1) is 0 Å². The van der Waals surface area contributed by atoms with Crippen LogP contribution in [0.2, 0.25) is 0 Å². The summed E-state index contributed by atoms with van der Waals surface area (Å²) in [5, 5.41) is 3.20. The normalized spacial score (nSPS) is 13.2. The van der Waals surface area contributed by atoms with Crippen LogP contribution in [-0.2, 0) is 17.6 Å². The van der Waals surface area contributed by atoms with Gasteiger partial charge in [0.15, 0.2) is 0 Å². The van der Waals surface area contributed by atoms with Crippen molar-refractivity contribution in [2.45, 2.75) is 19.3 Å². The van der Waals surface area contributed by atoms with E-state index < -0.39 is 0 Å². The maximum absolute atomic E-state index is 10.5. The Labute approximate surface area is 101 Å². The molecule has 0 aliphatic carbocycles. The van der Waals surface area contributed by atoms with E-state index in [-0.39, 0.29) is 5.91 Å². The van der Waals surface area contributed by atoms with E-state index in [1.165, 1.54) is 11.1 Å². The molecule has 17 heavy (non-hydrogen) atoms. The van der Waals surface area contributed by atoms with Crippen molar-refractivity contribution >= 4 is 5.91 Å². The quantitative estimate of drug-likeness (QED) is 0.710. The Morgan fingerprint density at radius 2 is 2.29 bits per heavy atom. The largest absolute Gasteiger partial charge is 0.493 e. The van der Waals surface area contributed by atoms with Gasteiger partial charge in [0.1, 0.15) is 5.75 Å². The number of carbonyl (C=O) groups is 1. The number of hydrogen-bond acceptors (Lipinski definition) is 3. The maximum atomic E-state index is 10.5. The van der Waals surface area contributed by atoms with Crippen LogP contribution < -0.4 is 15.8 Å². The molecule has 92 valence electrons. The predicted molar refractivity (Wildman–Crippen MR) is 66.0 cm³/mol. The molecule has 0 spiro atoms. The van der Waals surface area contributed by atoms with Crippen LogP contribution in [0.25, 0.3) is 0 Å². The standard InChI is InChI=1S/C13H18N2O2/c14-13(16)4-7-15-6-3-10-1-2-12-11(9-10)5-8-17-12/h1-2,9,15H,3-8H2,(H2,14,16). The highest BCUT2D eigenvalue weighted by Gasteiger charge is 2.11. The van der Waals surface area contributed by atoms with Crippen LogP contribution in [-0.4, -0.2) is 25.6 Å². The highest BCUT2D eigenvalue weighted by atomic mass is 16.5. The Bertz CT molecular complexity index is 404. The van der Waals surface area contributed by atoms with E-state index in [0.717, 1.165) is 31.7 Å². The number of fused-ring (bicyclic) bond motifs is 1. The first-order valence-corrected chi connectivity index (χ1v) is 5.99. The van der Waals surface area contributed by atoms with Crippen LogP contribution in [0.1, 0.15) is 17.5 Å². The second-order valence-corrected chi connectivity index (χ2v) is 4.26. The number of nitrogens with one attached hydrogen (secondary N) is 1. The molecule has 0 unspecified atom stereocenters. The molecule has 1 aliphatic heterocycles. The van der Waals surface area contributed by atoms with E-state index in [9.17, 15) is 4.79 Å². The molecule has 1 amide bonds. The smallest absolute Gasteiger partial charge is 0.218 e. The molecule has 1 aromatic carbocycles. The van der Waals surface area contributed by atoms with Crippen molar-refractivity contribution in [2.24, 2.45) is 5.73 Å². The molecule has 2 rings (SSSR count). The molecular weight excluding hydrogens is 216 g/mol. The van der Waals surface area contributed by atoms with Gasteiger partial charge in [0.2, 0.25) is 5.91 Å². The van der Waals surface area contributed by atoms with Crippen molar-refractivity contribution in [1.82, 2.24) is 5.32 Å². The van der Waals surface area contributed by atoms with Gasteiger partial charge < -0.3 is 15.8 Å². The number of hydrogen-bond donors (Lipinski definition) is 2. The molecule has 0 saturated carbocycles. The Morgan fingerprint density at radius 3 is 3.12 bits per heavy atom. The van der Waals surface area contributed by atoms with Crippen LogP contribution in [0.3, 0.4) is 0 Å². The molecule has 0 aromatic heterocycles. The van der Waals surface area contributed by atoms with Crippen LogP contribution >= 0.6 is 0 Å². The van der Waals surface area contributed by atoms with Gasteiger partial charge in [0, 0.05) is 19.4 Å². The number of primary amides is 1. The van der Waals surface area contributed by atoms with Gasteiger partial charge in [-0.2, -0.15) is 0 Å². The second kappa shape index (κ2) is 5.68. The minimum absolute atomic E-state index is 0.257. The lowest BCUT2D eigenvalue weighted by Crippen LogP contribution is -2.23. The van der Waals surface area contributed by atoms with Crippen molar-refractivity contribution in [3.8, 4) is 5.75 Å². The SMILES string of the molecule is NC(=O)CCNCCc1ccc2c(c1)CCO2. The number of rotatable bonds is 6. The zero-order chi connectivity index (χ0) is 12.1. The minimum atomic E-state index is -0.257. The molecule has 1 aliphatic rings. The molecule has 0 radical (unpaired) electrons. The van der Waals surface area contributed by atoms with E-state index in [2.05, 4.69) is 17.4 Å². The molecule has 0 fully saturated rings. The third-order valence-corrected chi connectivity index (χ3v) is 2.89. The molecule has 0 atom stereocenters. The number of carbonyl (C=O) groups excluding carboxylic acids is 1. The highest BCUT2D eigenvalue weighted by molar-refractivity contribution is 5.73. The highest BCUT2D eigenvalue weighted by Crippen LogP contribution is 2.25. The number of amides is 1. The Balaban J connectivity index is 1.74. The van der Waals surface area contributed by atoms with E-state index >= 15 is 0 Å². The van der Waals surface area contributed by atoms with Gasteiger partial charge in [-0.25, -0.2) is 0 Å². The molecule has 1 heterocycles. The zero-order valence-corrected chi connectivity index (χ0v) is 9.87. The lowest BCUT2D eigenvalue weighted by molar-refractivity contribution is -0.117. The summed E-state index contributed by atoms with van der Waals surface area (Å²) in [5.41, 5.74) is 7.67. The van der Waals surface area contributed by atoms with Gasteiger partial charge in [-0.3, -0.25) is 4.79 Å². The van der Waals surface area contributed by atoms with Gasteiger partial charge in [-0.1, -0.05) is 12.1 Å². The molecule has 4 heteroatoms. The Morgan fingerprint density at radius 1 is 1.41 bits per heavy atom. The van der Waals surface area contributed by atoms with Gasteiger partial charge in [0.05, 0.1) is 6.61 Å². The van der Waals surface area contributed by atoms with Gasteiger partial charge in [-0.05, 0) is 30.2 Å². The summed E-state index contributed by atoms with van der Waals surface area (Å²) in [7, 11) is 0. The Kier molecular flexibility index (Phi) is 3.98. The number of benzene rings is 1. The van der Waals surface area contributed by atoms with Crippen molar-refractivity contribution in [3.63, 3.8) is 0 Å². The second-order valence-electron chi connectivity index (χ2n) is 4.26. The monoisotopic (exact) mass is 234 g/mol. The summed E-state index contributed by atoms with van der Waals surface area (Å²) in [6, 6.07) is 6.35. The molecule has 0 saturated heterocycles. The van der Waals surface area contributed by atoms with Crippen molar-refractivity contribution in [1.29, 1.82) is 0 Å². The Hall–Kier alpha value is -1.55. The van der Waals surface area contributed by atoms with Crippen LogP contribution in [0.4, 0.5) is 0 Å². The van der Waals surface area contributed by atoms with Crippen molar-refractivity contribution in [3.05, 3.63) is 29.3 Å². The third-order valence-electron chi connectivity index (χ3n) is 2.89. The number of nitrogens with two attached hydrogens (primary N) is 1. The fraction of sp³-hybridized carbons (Fsp3) is 0.462. The van der Waals surface area contributed by atoms with E-state index in [0.29, 0.717) is 13.0 Å². The fourth-order valence-corrected chi connectivity index (χ4v) is 1.96. The first-order valence-electron chi connectivity index (χ1n) is 5.99. The lowest BCUT2D eigenvalue weighted by atomic mass is 10.1. The van der Waals surface area contributed by atoms with Crippen molar-refractivity contribution in [2.75, 3.05) is 19.7 Å². The van der Waals surface area contributed by atoms with E-state index in [1.807, 2.05) is 6.07 Å². The molecule has 4 nitrogen and oxygen atoms in total. The van der Waals surface area contributed by atoms with E-state index in [4.69, 9.17) is 10.5 Å². The summed E-state index contributed by atoms with van der Waals surface area (Å²) in [4.78, 5) is 10.5. The minimum Gasteiger partial charge on any atom is -0.493 e. The predicted octanol–water partition coefficient (Wildman–Crippen LogP) is 0.629. The topological polar surface area (TPSA) is 64.4 Å². The van der Waals surface area contributed by atoms with Gasteiger partial charge in [-0.15, -0.1) is 0 Å². The lowest BCUT2D eigenvalue weighted by Gasteiger charge is -2.05. The van der Waals surface area contributed by atoms with Crippen LogP contribution in [0.5, 0.6) is 5.75 Å². The zero-order valence-electron chi connectivity index (χ0n) is 9.87. The number of ether oxygens (including phenoxy) is 1.